The molecule has 1 heterocycles. The third kappa shape index (κ3) is 3.50. The zero-order chi connectivity index (χ0) is 10.4. The largest absolute Gasteiger partial charge is 0.349 e. The van der Waals surface area contributed by atoms with Gasteiger partial charge in [-0.3, -0.25) is 0 Å². The first-order valence-electron chi connectivity index (χ1n) is 5.45. The highest BCUT2D eigenvalue weighted by molar-refractivity contribution is 4.87. The molecule has 1 unspecified atom stereocenters. The Morgan fingerprint density at radius 1 is 1.50 bits per heavy atom. The summed E-state index contributed by atoms with van der Waals surface area (Å²) in [7, 11) is 0. The first-order chi connectivity index (χ1) is 6.74. The Hall–Kier alpha value is -0.830. The van der Waals surface area contributed by atoms with Crippen molar-refractivity contribution in [3.8, 4) is 0 Å². The van der Waals surface area contributed by atoms with Crippen LogP contribution in [0.5, 0.6) is 0 Å². The molecule has 0 aliphatic heterocycles. The molecule has 3 heteroatoms. The molecule has 1 rings (SSSR count). The van der Waals surface area contributed by atoms with Crippen molar-refractivity contribution in [2.75, 3.05) is 6.54 Å². The van der Waals surface area contributed by atoms with Gasteiger partial charge >= 0.3 is 0 Å². The highest BCUT2D eigenvalue weighted by Crippen LogP contribution is 2.04. The van der Waals surface area contributed by atoms with Crippen LogP contribution in [0.3, 0.4) is 0 Å². The van der Waals surface area contributed by atoms with Gasteiger partial charge in [-0.2, -0.15) is 0 Å². The second kappa shape index (κ2) is 5.81. The van der Waals surface area contributed by atoms with Crippen molar-refractivity contribution in [1.82, 2.24) is 15.3 Å². The highest BCUT2D eigenvalue weighted by Gasteiger charge is 2.09. The van der Waals surface area contributed by atoms with E-state index in [0.29, 0.717) is 12.0 Å². The standard InChI is InChI=1S/C11H21N3/c1-4-10(9(2)3)12-6-5-11-13-7-8-14-11/h7-10,12H,4-6H2,1-3H3,(H,13,14). The van der Waals surface area contributed by atoms with Crippen molar-refractivity contribution in [2.24, 2.45) is 5.92 Å². The SMILES string of the molecule is CCC(NCCc1ncc[nH]1)C(C)C. The number of rotatable bonds is 6. The molecular formula is C11H21N3. The molecule has 0 aliphatic rings. The van der Waals surface area contributed by atoms with Gasteiger partial charge in [-0.05, 0) is 12.3 Å². The Bertz CT molecular complexity index is 229. The third-order valence-electron chi connectivity index (χ3n) is 2.57. The Morgan fingerprint density at radius 3 is 2.79 bits per heavy atom. The van der Waals surface area contributed by atoms with E-state index in [-0.39, 0.29) is 0 Å². The van der Waals surface area contributed by atoms with E-state index in [2.05, 4.69) is 36.1 Å². The lowest BCUT2D eigenvalue weighted by Gasteiger charge is -2.20. The molecule has 0 radical (unpaired) electrons. The maximum Gasteiger partial charge on any atom is 0.107 e. The van der Waals surface area contributed by atoms with E-state index in [9.17, 15) is 0 Å². The Kier molecular flexibility index (Phi) is 4.66. The topological polar surface area (TPSA) is 40.7 Å². The lowest BCUT2D eigenvalue weighted by atomic mass is 10.0. The molecule has 0 fully saturated rings. The first kappa shape index (κ1) is 11.2. The molecule has 80 valence electrons. The molecule has 3 nitrogen and oxygen atoms in total. The molecule has 0 saturated carbocycles. The zero-order valence-corrected chi connectivity index (χ0v) is 9.38. The minimum Gasteiger partial charge on any atom is -0.349 e. The molecule has 1 aromatic heterocycles. The summed E-state index contributed by atoms with van der Waals surface area (Å²) in [4.78, 5) is 7.30. The van der Waals surface area contributed by atoms with Crippen LogP contribution in [0.1, 0.15) is 33.0 Å². The van der Waals surface area contributed by atoms with Crippen LogP contribution in [0.2, 0.25) is 0 Å². The summed E-state index contributed by atoms with van der Waals surface area (Å²) >= 11 is 0. The summed E-state index contributed by atoms with van der Waals surface area (Å²) in [5, 5.41) is 3.55. The van der Waals surface area contributed by atoms with E-state index in [1.807, 2.05) is 6.20 Å². The molecule has 0 spiro atoms. The lowest BCUT2D eigenvalue weighted by Crippen LogP contribution is -2.34. The van der Waals surface area contributed by atoms with Crippen LogP contribution >= 0.6 is 0 Å². The molecular weight excluding hydrogens is 174 g/mol. The summed E-state index contributed by atoms with van der Waals surface area (Å²) in [5.74, 6) is 1.77. The minimum absolute atomic E-state index is 0.630. The molecule has 0 amide bonds. The van der Waals surface area contributed by atoms with Crippen molar-refractivity contribution >= 4 is 0 Å². The van der Waals surface area contributed by atoms with Gasteiger partial charge < -0.3 is 10.3 Å². The summed E-state index contributed by atoms with van der Waals surface area (Å²) < 4.78 is 0. The quantitative estimate of drug-likeness (QED) is 0.728. The fourth-order valence-corrected chi connectivity index (χ4v) is 1.66. The van der Waals surface area contributed by atoms with E-state index in [4.69, 9.17) is 0 Å². The van der Waals surface area contributed by atoms with Crippen LogP contribution in [0.25, 0.3) is 0 Å². The highest BCUT2D eigenvalue weighted by atomic mass is 14.9. The maximum atomic E-state index is 4.19. The van der Waals surface area contributed by atoms with Crippen molar-refractivity contribution in [3.05, 3.63) is 18.2 Å². The van der Waals surface area contributed by atoms with Crippen LogP contribution in [0.15, 0.2) is 12.4 Å². The molecule has 0 saturated heterocycles. The smallest absolute Gasteiger partial charge is 0.107 e. The minimum atomic E-state index is 0.630. The average molecular weight is 195 g/mol. The summed E-state index contributed by atoms with van der Waals surface area (Å²) in [6, 6.07) is 0.630. The van der Waals surface area contributed by atoms with Crippen molar-refractivity contribution in [3.63, 3.8) is 0 Å². The van der Waals surface area contributed by atoms with Crippen molar-refractivity contribution in [1.29, 1.82) is 0 Å². The van der Waals surface area contributed by atoms with Gasteiger partial charge in [0.1, 0.15) is 5.82 Å². The number of hydrogen-bond acceptors (Lipinski definition) is 2. The summed E-state index contributed by atoms with van der Waals surface area (Å²) in [5.41, 5.74) is 0. The molecule has 0 aliphatic carbocycles. The monoisotopic (exact) mass is 195 g/mol. The average Bonchev–Trinajstić information content (AvgIpc) is 2.64. The van der Waals surface area contributed by atoms with Gasteiger partial charge in [-0.1, -0.05) is 20.8 Å². The molecule has 2 N–H and O–H groups in total. The second-order valence-electron chi connectivity index (χ2n) is 4.00. The number of H-pyrrole nitrogens is 1. The molecule has 0 bridgehead atoms. The van der Waals surface area contributed by atoms with Gasteiger partial charge in [0.15, 0.2) is 0 Å². The summed E-state index contributed by atoms with van der Waals surface area (Å²) in [6.45, 7) is 7.75. The maximum absolute atomic E-state index is 4.19. The zero-order valence-electron chi connectivity index (χ0n) is 9.38. The molecule has 0 aromatic carbocycles. The Morgan fingerprint density at radius 2 is 2.29 bits per heavy atom. The van der Waals surface area contributed by atoms with Crippen LogP contribution in [0, 0.1) is 5.92 Å². The fourth-order valence-electron chi connectivity index (χ4n) is 1.66. The fraction of sp³-hybridized carbons (Fsp3) is 0.727. The van der Waals surface area contributed by atoms with E-state index in [0.717, 1.165) is 18.8 Å². The molecule has 14 heavy (non-hydrogen) atoms. The lowest BCUT2D eigenvalue weighted by molar-refractivity contribution is 0.390. The van der Waals surface area contributed by atoms with E-state index in [1.165, 1.54) is 6.42 Å². The number of nitrogens with one attached hydrogen (secondary N) is 2. The number of nitrogens with zero attached hydrogens (tertiary/aromatic N) is 1. The first-order valence-corrected chi connectivity index (χ1v) is 5.45. The van der Waals surface area contributed by atoms with E-state index in [1.54, 1.807) is 6.20 Å². The van der Waals surface area contributed by atoms with Gasteiger partial charge in [0.05, 0.1) is 0 Å². The van der Waals surface area contributed by atoms with Gasteiger partial charge in [0.25, 0.3) is 0 Å². The van der Waals surface area contributed by atoms with Gasteiger partial charge in [-0.15, -0.1) is 0 Å². The number of aromatic amines is 1. The van der Waals surface area contributed by atoms with Crippen LogP contribution in [-0.2, 0) is 6.42 Å². The molecule has 1 atom stereocenters. The van der Waals surface area contributed by atoms with Gasteiger partial charge in [0.2, 0.25) is 0 Å². The van der Waals surface area contributed by atoms with Gasteiger partial charge in [0, 0.05) is 31.4 Å². The Labute approximate surface area is 86.3 Å². The van der Waals surface area contributed by atoms with Crippen molar-refractivity contribution in [2.45, 2.75) is 39.7 Å². The predicted molar refractivity (Wildman–Crippen MR) is 59.2 cm³/mol. The number of aromatic nitrogens is 2. The van der Waals surface area contributed by atoms with E-state index >= 15 is 0 Å². The number of hydrogen-bond donors (Lipinski definition) is 2. The van der Waals surface area contributed by atoms with E-state index < -0.39 is 0 Å². The third-order valence-corrected chi connectivity index (χ3v) is 2.57. The summed E-state index contributed by atoms with van der Waals surface area (Å²) in [6.07, 6.45) is 5.84. The van der Waals surface area contributed by atoms with Crippen LogP contribution < -0.4 is 5.32 Å². The van der Waals surface area contributed by atoms with Gasteiger partial charge in [-0.25, -0.2) is 4.98 Å². The number of imidazole rings is 1. The van der Waals surface area contributed by atoms with Crippen molar-refractivity contribution < 1.29 is 0 Å². The second-order valence-corrected chi connectivity index (χ2v) is 4.00. The predicted octanol–water partition coefficient (Wildman–Crippen LogP) is 1.98. The van der Waals surface area contributed by atoms with Crippen LogP contribution in [0.4, 0.5) is 0 Å². The Balaban J connectivity index is 2.20. The normalized spacial score (nSPS) is 13.4. The molecule has 1 aromatic rings. The van der Waals surface area contributed by atoms with Crippen LogP contribution in [-0.4, -0.2) is 22.6 Å².